The number of hydrogen-bond acceptors (Lipinski definition) is 5. The van der Waals surface area contributed by atoms with Crippen LogP contribution in [-0.2, 0) is 6.42 Å². The molecule has 1 unspecified atom stereocenters. The molecule has 102 valence electrons. The van der Waals surface area contributed by atoms with Crippen LogP contribution in [0.25, 0.3) is 0 Å². The Morgan fingerprint density at radius 3 is 2.89 bits per heavy atom. The monoisotopic (exact) mass is 296 g/mol. The molecule has 6 heteroatoms. The molecule has 19 heavy (non-hydrogen) atoms. The lowest BCUT2D eigenvalue weighted by Crippen LogP contribution is -2.29. The van der Waals surface area contributed by atoms with E-state index in [1.807, 2.05) is 25.1 Å². The summed E-state index contributed by atoms with van der Waals surface area (Å²) in [6.45, 7) is 4.10. The van der Waals surface area contributed by atoms with E-state index in [2.05, 4.69) is 21.9 Å². The van der Waals surface area contributed by atoms with E-state index in [1.54, 1.807) is 0 Å². The molecule has 2 rings (SSSR count). The van der Waals surface area contributed by atoms with Gasteiger partial charge < -0.3 is 0 Å². The van der Waals surface area contributed by atoms with Crippen LogP contribution >= 0.6 is 23.1 Å². The lowest BCUT2D eigenvalue weighted by molar-refractivity contribution is 0.636. The standard InChI is InChI=1S/C13H17ClN4S/c1-3-4-11-13(19-18-17-11)12(16-15)9-6-5-8(2)10(14)7-9/h5-7,12,16H,3-4,15H2,1-2H3. The second-order valence-corrected chi connectivity index (χ2v) is 5.64. The fourth-order valence-corrected chi connectivity index (χ4v) is 2.93. The van der Waals surface area contributed by atoms with Crippen molar-refractivity contribution < 1.29 is 0 Å². The number of halogens is 1. The molecule has 3 N–H and O–H groups in total. The molecule has 0 saturated carbocycles. The Kier molecular flexibility index (Phi) is 4.87. The summed E-state index contributed by atoms with van der Waals surface area (Å²) in [5, 5.41) is 4.92. The molecule has 0 spiro atoms. The first-order valence-electron chi connectivity index (χ1n) is 6.20. The second-order valence-electron chi connectivity index (χ2n) is 4.44. The summed E-state index contributed by atoms with van der Waals surface area (Å²) >= 11 is 7.56. The molecule has 1 aromatic carbocycles. The highest BCUT2D eigenvalue weighted by molar-refractivity contribution is 7.05. The highest BCUT2D eigenvalue weighted by atomic mass is 35.5. The van der Waals surface area contributed by atoms with E-state index in [-0.39, 0.29) is 6.04 Å². The fourth-order valence-electron chi connectivity index (χ4n) is 1.96. The Morgan fingerprint density at radius 1 is 1.47 bits per heavy atom. The minimum atomic E-state index is -0.111. The molecule has 0 fully saturated rings. The Bertz CT molecular complexity index is 555. The molecule has 1 heterocycles. The van der Waals surface area contributed by atoms with Gasteiger partial charge in [0.2, 0.25) is 0 Å². The molecular formula is C13H17ClN4S. The summed E-state index contributed by atoms with van der Waals surface area (Å²) in [4.78, 5) is 1.06. The maximum absolute atomic E-state index is 6.18. The van der Waals surface area contributed by atoms with Gasteiger partial charge in [-0.15, -0.1) is 5.10 Å². The van der Waals surface area contributed by atoms with Crippen molar-refractivity contribution in [1.29, 1.82) is 0 Å². The quantitative estimate of drug-likeness (QED) is 0.657. The van der Waals surface area contributed by atoms with E-state index in [9.17, 15) is 0 Å². The maximum Gasteiger partial charge on any atom is 0.0838 e. The minimum absolute atomic E-state index is 0.111. The zero-order valence-electron chi connectivity index (χ0n) is 11.0. The zero-order valence-corrected chi connectivity index (χ0v) is 12.6. The molecule has 0 aliphatic rings. The lowest BCUT2D eigenvalue weighted by Gasteiger charge is -2.16. The first-order chi connectivity index (χ1) is 9.17. The largest absolute Gasteiger partial charge is 0.271 e. The van der Waals surface area contributed by atoms with Crippen molar-refractivity contribution in [2.24, 2.45) is 5.84 Å². The fraction of sp³-hybridized carbons (Fsp3) is 0.385. The molecule has 4 nitrogen and oxygen atoms in total. The first kappa shape index (κ1) is 14.4. The van der Waals surface area contributed by atoms with Gasteiger partial charge in [0.15, 0.2) is 0 Å². The molecule has 0 bridgehead atoms. The van der Waals surface area contributed by atoms with Crippen molar-refractivity contribution in [2.75, 3.05) is 0 Å². The number of hydrazine groups is 1. The van der Waals surface area contributed by atoms with Crippen LogP contribution in [0.4, 0.5) is 0 Å². The van der Waals surface area contributed by atoms with Crippen molar-refractivity contribution in [2.45, 2.75) is 32.7 Å². The number of nitrogens with one attached hydrogen (secondary N) is 1. The predicted octanol–water partition coefficient (Wildman–Crippen LogP) is 3.01. The van der Waals surface area contributed by atoms with Crippen LogP contribution in [0.3, 0.4) is 0 Å². The van der Waals surface area contributed by atoms with Gasteiger partial charge in [-0.05, 0) is 42.1 Å². The molecule has 1 aromatic heterocycles. The van der Waals surface area contributed by atoms with Crippen molar-refractivity contribution in [3.05, 3.63) is 44.9 Å². The second kappa shape index (κ2) is 6.43. The molecule has 1 atom stereocenters. The molecule has 0 aliphatic carbocycles. The third-order valence-corrected chi connectivity index (χ3v) is 4.27. The number of rotatable bonds is 5. The molecular weight excluding hydrogens is 280 g/mol. The van der Waals surface area contributed by atoms with E-state index in [0.29, 0.717) is 0 Å². The number of nitrogens with two attached hydrogens (primary N) is 1. The van der Waals surface area contributed by atoms with Crippen LogP contribution < -0.4 is 11.3 Å². The molecule has 2 aromatic rings. The van der Waals surface area contributed by atoms with E-state index >= 15 is 0 Å². The van der Waals surface area contributed by atoms with Crippen LogP contribution in [-0.4, -0.2) is 9.59 Å². The summed E-state index contributed by atoms with van der Waals surface area (Å²) in [7, 11) is 0. The number of benzene rings is 1. The molecule has 0 radical (unpaired) electrons. The van der Waals surface area contributed by atoms with Gasteiger partial charge in [0.1, 0.15) is 0 Å². The maximum atomic E-state index is 6.18. The first-order valence-corrected chi connectivity index (χ1v) is 7.35. The summed E-state index contributed by atoms with van der Waals surface area (Å²) < 4.78 is 4.04. The number of nitrogens with zero attached hydrogens (tertiary/aromatic N) is 2. The highest BCUT2D eigenvalue weighted by Crippen LogP contribution is 2.29. The third-order valence-electron chi connectivity index (χ3n) is 3.03. The molecule has 0 saturated heterocycles. The Morgan fingerprint density at radius 2 is 2.26 bits per heavy atom. The van der Waals surface area contributed by atoms with Gasteiger partial charge in [0.25, 0.3) is 0 Å². The van der Waals surface area contributed by atoms with Gasteiger partial charge in [-0.3, -0.25) is 5.84 Å². The average Bonchev–Trinajstić information content (AvgIpc) is 2.83. The number of hydrogen-bond donors (Lipinski definition) is 2. The Balaban J connectivity index is 2.38. The molecule has 0 amide bonds. The van der Waals surface area contributed by atoms with Crippen molar-refractivity contribution in [3.8, 4) is 0 Å². The van der Waals surface area contributed by atoms with E-state index < -0.39 is 0 Å². The van der Waals surface area contributed by atoms with Gasteiger partial charge in [-0.1, -0.05) is 41.6 Å². The van der Waals surface area contributed by atoms with Crippen molar-refractivity contribution >= 4 is 23.1 Å². The summed E-state index contributed by atoms with van der Waals surface area (Å²) in [5.74, 6) is 5.71. The normalized spacial score (nSPS) is 12.6. The van der Waals surface area contributed by atoms with Crippen molar-refractivity contribution in [3.63, 3.8) is 0 Å². The Hall–Kier alpha value is -1.01. The average molecular weight is 297 g/mol. The summed E-state index contributed by atoms with van der Waals surface area (Å²) in [6, 6.07) is 5.85. The topological polar surface area (TPSA) is 63.8 Å². The smallest absolute Gasteiger partial charge is 0.0838 e. The summed E-state index contributed by atoms with van der Waals surface area (Å²) in [5.41, 5.74) is 5.93. The lowest BCUT2D eigenvalue weighted by atomic mass is 10.0. The van der Waals surface area contributed by atoms with Crippen LogP contribution in [0.5, 0.6) is 0 Å². The van der Waals surface area contributed by atoms with E-state index in [1.165, 1.54) is 11.5 Å². The third kappa shape index (κ3) is 3.12. The predicted molar refractivity (Wildman–Crippen MR) is 79.3 cm³/mol. The SMILES string of the molecule is CCCc1nnsc1C(NN)c1ccc(C)c(Cl)c1. The minimum Gasteiger partial charge on any atom is -0.271 e. The van der Waals surface area contributed by atoms with Gasteiger partial charge in [-0.25, -0.2) is 5.43 Å². The van der Waals surface area contributed by atoms with Crippen LogP contribution in [0, 0.1) is 6.92 Å². The molecule has 0 aliphatic heterocycles. The van der Waals surface area contributed by atoms with Gasteiger partial charge in [-0.2, -0.15) is 0 Å². The summed E-state index contributed by atoms with van der Waals surface area (Å²) in [6.07, 6.45) is 1.94. The van der Waals surface area contributed by atoms with Gasteiger partial charge in [0.05, 0.1) is 16.6 Å². The zero-order chi connectivity index (χ0) is 13.8. The number of aryl methyl sites for hydroxylation is 2. The van der Waals surface area contributed by atoms with Gasteiger partial charge in [0, 0.05) is 5.02 Å². The van der Waals surface area contributed by atoms with Crippen LogP contribution in [0.15, 0.2) is 18.2 Å². The van der Waals surface area contributed by atoms with E-state index in [4.69, 9.17) is 17.4 Å². The highest BCUT2D eigenvalue weighted by Gasteiger charge is 2.20. The van der Waals surface area contributed by atoms with Gasteiger partial charge >= 0.3 is 0 Å². The van der Waals surface area contributed by atoms with E-state index in [0.717, 1.165) is 39.6 Å². The van der Waals surface area contributed by atoms with Crippen molar-refractivity contribution in [1.82, 2.24) is 15.0 Å². The van der Waals surface area contributed by atoms with Crippen LogP contribution in [0.1, 0.15) is 41.1 Å². The number of aromatic nitrogens is 2. The Labute approximate surface area is 122 Å². The van der Waals surface area contributed by atoms with Crippen LogP contribution in [0.2, 0.25) is 5.02 Å².